The van der Waals surface area contributed by atoms with Crippen molar-refractivity contribution in [3.63, 3.8) is 0 Å². The van der Waals surface area contributed by atoms with E-state index in [4.69, 9.17) is 28.1 Å². The Hall–Kier alpha value is -2.53. The van der Waals surface area contributed by atoms with E-state index in [2.05, 4.69) is 0 Å². The molecule has 1 aromatic heterocycles. The first-order valence-electron chi connectivity index (χ1n) is 10.5. The number of hydrogen-bond donors (Lipinski definition) is 7. The number of phenols is 1. The molecule has 194 valence electrons. The minimum atomic E-state index is -1.93. The molecule has 3 heterocycles. The number of methoxy groups -OCH3 is 1. The highest BCUT2D eigenvalue weighted by Crippen LogP contribution is 2.43. The zero-order valence-corrected chi connectivity index (χ0v) is 18.4. The number of fused-ring (bicyclic) bond motifs is 1. The molecule has 7 N–H and O–H groups in total. The molecule has 2 saturated heterocycles. The largest absolute Gasteiger partial charge is 0.502 e. The smallest absolute Gasteiger partial charge is 0.336 e. The van der Waals surface area contributed by atoms with Crippen molar-refractivity contribution in [1.29, 1.82) is 0 Å². The van der Waals surface area contributed by atoms with Gasteiger partial charge in [-0.3, -0.25) is 0 Å². The molecular weight excluding hydrogens is 476 g/mol. The number of benzene rings is 1. The van der Waals surface area contributed by atoms with Gasteiger partial charge in [0.25, 0.3) is 0 Å². The number of rotatable bonds is 7. The van der Waals surface area contributed by atoms with Crippen molar-refractivity contribution in [3.05, 3.63) is 28.6 Å². The molecule has 0 bridgehead atoms. The highest BCUT2D eigenvalue weighted by Gasteiger charge is 2.50. The monoisotopic (exact) mass is 502 g/mol. The molecule has 0 spiro atoms. The van der Waals surface area contributed by atoms with E-state index in [0.717, 1.165) is 6.07 Å². The van der Waals surface area contributed by atoms with Crippen molar-refractivity contribution in [1.82, 2.24) is 0 Å². The molecule has 0 unspecified atom stereocenters. The van der Waals surface area contributed by atoms with Crippen molar-refractivity contribution >= 4 is 11.0 Å². The highest BCUT2D eigenvalue weighted by molar-refractivity contribution is 5.87. The number of phenolic OH excluding ortho intramolecular Hbond substituents is 1. The van der Waals surface area contributed by atoms with Crippen LogP contribution < -0.4 is 15.1 Å². The van der Waals surface area contributed by atoms with E-state index in [1.165, 1.54) is 19.2 Å². The number of ether oxygens (including phenoxy) is 5. The molecule has 0 radical (unpaired) electrons. The molecule has 35 heavy (non-hydrogen) atoms. The van der Waals surface area contributed by atoms with E-state index in [1.54, 1.807) is 0 Å². The lowest BCUT2D eigenvalue weighted by Crippen LogP contribution is -2.60. The summed E-state index contributed by atoms with van der Waals surface area (Å²) in [6.45, 7) is -1.69. The molecule has 0 amide bonds. The lowest BCUT2D eigenvalue weighted by molar-refractivity contribution is -0.289. The third kappa shape index (κ3) is 4.67. The summed E-state index contributed by atoms with van der Waals surface area (Å²) >= 11 is 0. The van der Waals surface area contributed by atoms with Crippen molar-refractivity contribution in [2.75, 3.05) is 26.9 Å². The molecule has 2 aromatic rings. The summed E-state index contributed by atoms with van der Waals surface area (Å²) in [6.07, 6.45) is -11.2. The molecule has 0 saturated carbocycles. The highest BCUT2D eigenvalue weighted by atomic mass is 16.7. The molecule has 4 rings (SSSR count). The van der Waals surface area contributed by atoms with Crippen LogP contribution in [0.15, 0.2) is 27.4 Å². The molecular formula is C21H26O14. The van der Waals surface area contributed by atoms with Gasteiger partial charge in [-0.15, -0.1) is 0 Å². The van der Waals surface area contributed by atoms with Crippen LogP contribution in [0.5, 0.6) is 17.2 Å². The second-order valence-corrected chi connectivity index (χ2v) is 8.28. The molecule has 8 atom stereocenters. The molecule has 2 aliphatic rings. The van der Waals surface area contributed by atoms with Gasteiger partial charge in [0.2, 0.25) is 17.8 Å². The van der Waals surface area contributed by atoms with E-state index in [9.17, 15) is 40.5 Å². The molecule has 1 aromatic carbocycles. The van der Waals surface area contributed by atoms with E-state index in [-0.39, 0.29) is 17.1 Å². The predicted octanol–water partition coefficient (Wildman–Crippen LogP) is -2.85. The first kappa shape index (κ1) is 25.6. The maximum atomic E-state index is 11.6. The van der Waals surface area contributed by atoms with Crippen LogP contribution >= 0.6 is 0 Å². The van der Waals surface area contributed by atoms with Crippen LogP contribution in [0.25, 0.3) is 11.0 Å². The van der Waals surface area contributed by atoms with E-state index in [0.29, 0.717) is 5.39 Å². The van der Waals surface area contributed by atoms with Crippen LogP contribution in [0.1, 0.15) is 0 Å². The fraction of sp³-hybridized carbons (Fsp3) is 0.571. The van der Waals surface area contributed by atoms with Gasteiger partial charge in [-0.25, -0.2) is 4.79 Å². The Bertz CT molecular complexity index is 1100. The minimum Gasteiger partial charge on any atom is -0.502 e. The van der Waals surface area contributed by atoms with Crippen LogP contribution in [-0.4, -0.2) is 111 Å². The van der Waals surface area contributed by atoms with Crippen LogP contribution in [0.4, 0.5) is 0 Å². The Morgan fingerprint density at radius 2 is 1.86 bits per heavy atom. The van der Waals surface area contributed by atoms with Crippen molar-refractivity contribution in [2.45, 2.75) is 48.7 Å². The maximum Gasteiger partial charge on any atom is 0.336 e. The second-order valence-electron chi connectivity index (χ2n) is 8.28. The molecule has 14 nitrogen and oxygen atoms in total. The van der Waals surface area contributed by atoms with Gasteiger partial charge in [0.05, 0.1) is 26.9 Å². The number of hydrogen-bond acceptors (Lipinski definition) is 14. The fourth-order valence-electron chi connectivity index (χ4n) is 3.81. The SMILES string of the molecule is COc1cc2ccc(=O)oc2c(O)c1O[C@@H]1O[C@H](CO[C@@H]2OC[C@](O)(CO)[C@H]2O)[C@@H](O)[C@H](O)[C@H]1O. The van der Waals surface area contributed by atoms with Crippen LogP contribution in [-0.2, 0) is 14.2 Å². The number of aromatic hydroxyl groups is 1. The summed E-state index contributed by atoms with van der Waals surface area (Å²) in [5.74, 6) is -1.02. The average molecular weight is 502 g/mol. The Kier molecular flexibility index (Phi) is 7.19. The lowest BCUT2D eigenvalue weighted by Gasteiger charge is -2.40. The van der Waals surface area contributed by atoms with Crippen molar-refractivity contribution in [2.24, 2.45) is 0 Å². The molecule has 2 aliphatic heterocycles. The van der Waals surface area contributed by atoms with E-state index in [1.807, 2.05) is 0 Å². The Labute approximate surface area is 197 Å². The van der Waals surface area contributed by atoms with Crippen LogP contribution in [0.2, 0.25) is 0 Å². The maximum absolute atomic E-state index is 11.6. The zero-order chi connectivity index (χ0) is 25.5. The first-order chi connectivity index (χ1) is 16.6. The number of aliphatic hydroxyl groups excluding tert-OH is 5. The van der Waals surface area contributed by atoms with Crippen LogP contribution in [0, 0.1) is 0 Å². The summed E-state index contributed by atoms with van der Waals surface area (Å²) in [6, 6.07) is 3.93. The fourth-order valence-corrected chi connectivity index (χ4v) is 3.81. The number of aliphatic hydroxyl groups is 6. The molecule has 14 heteroatoms. The van der Waals surface area contributed by atoms with Gasteiger partial charge in [0.15, 0.2) is 17.6 Å². The quantitative estimate of drug-likeness (QED) is 0.190. The summed E-state index contributed by atoms with van der Waals surface area (Å²) < 4.78 is 31.8. The summed E-state index contributed by atoms with van der Waals surface area (Å²) in [7, 11) is 1.28. The predicted molar refractivity (Wildman–Crippen MR) is 112 cm³/mol. The summed E-state index contributed by atoms with van der Waals surface area (Å²) in [4.78, 5) is 11.6. The third-order valence-electron chi connectivity index (χ3n) is 5.93. The van der Waals surface area contributed by atoms with Gasteiger partial charge in [0, 0.05) is 11.5 Å². The second kappa shape index (κ2) is 9.85. The topological polar surface area (TPSA) is 218 Å². The van der Waals surface area contributed by atoms with Gasteiger partial charge >= 0.3 is 5.63 Å². The third-order valence-corrected chi connectivity index (χ3v) is 5.93. The minimum absolute atomic E-state index is 0.0150. The lowest BCUT2D eigenvalue weighted by atomic mass is 9.99. The Balaban J connectivity index is 1.54. The molecule has 0 aliphatic carbocycles. The first-order valence-corrected chi connectivity index (χ1v) is 10.5. The Morgan fingerprint density at radius 3 is 2.51 bits per heavy atom. The van der Waals surface area contributed by atoms with Gasteiger partial charge in [-0.2, -0.15) is 0 Å². The standard InChI is InChI=1S/C21H26O14/c1-30-9-4-8-2-3-11(23)34-16(8)15(27)17(9)35-19-14(26)13(25)12(24)10(33-19)5-31-20-18(28)21(29,6-22)7-32-20/h2-4,10,12-14,18-20,22,24-29H,5-7H2,1H3/t10-,12-,13+,14-,18+,19+,20-,21-/m1/s1. The van der Waals surface area contributed by atoms with Gasteiger partial charge in [0.1, 0.15) is 36.1 Å². The summed E-state index contributed by atoms with van der Waals surface area (Å²) in [5.41, 5.74) is -2.89. The van der Waals surface area contributed by atoms with Gasteiger partial charge in [-0.1, -0.05) is 0 Å². The van der Waals surface area contributed by atoms with Gasteiger partial charge < -0.3 is 63.8 Å². The van der Waals surface area contributed by atoms with Crippen molar-refractivity contribution in [3.8, 4) is 17.2 Å². The summed E-state index contributed by atoms with van der Waals surface area (Å²) in [5, 5.41) is 71.3. The van der Waals surface area contributed by atoms with Gasteiger partial charge in [-0.05, 0) is 12.1 Å². The van der Waals surface area contributed by atoms with E-state index < -0.39 is 79.9 Å². The average Bonchev–Trinajstić information content (AvgIpc) is 3.14. The normalized spacial score (nSPS) is 35.3. The molecule has 2 fully saturated rings. The van der Waals surface area contributed by atoms with Crippen LogP contribution in [0.3, 0.4) is 0 Å². The zero-order valence-electron chi connectivity index (χ0n) is 18.4. The van der Waals surface area contributed by atoms with Crippen molar-refractivity contribution < 1.29 is 63.8 Å². The van der Waals surface area contributed by atoms with E-state index >= 15 is 0 Å². The Morgan fingerprint density at radius 1 is 1.11 bits per heavy atom.